The van der Waals surface area contributed by atoms with Gasteiger partial charge in [-0.3, -0.25) is 14.4 Å². The Morgan fingerprint density at radius 2 is 0.533 bits per heavy atom. The molecule has 0 aromatic carbocycles. The van der Waals surface area contributed by atoms with Crippen LogP contribution < -0.4 is 0 Å². The van der Waals surface area contributed by atoms with Crippen LogP contribution in [0.2, 0.25) is 0 Å². The molecule has 0 fully saturated rings. The highest BCUT2D eigenvalue weighted by Gasteiger charge is 2.19. The summed E-state index contributed by atoms with van der Waals surface area (Å²) in [4.78, 5) is 38.2. The largest absolute Gasteiger partial charge is 0.462 e. The fraction of sp³-hybridized carbons (Fsp3) is 0.551. The molecule has 6 nitrogen and oxygen atoms in total. The molecule has 0 amide bonds. The Balaban J connectivity index is 4.59. The molecule has 0 saturated carbocycles. The van der Waals surface area contributed by atoms with E-state index in [9.17, 15) is 14.4 Å². The average molecular weight is 1030 g/mol. The number of ether oxygens (including phenoxy) is 3. The van der Waals surface area contributed by atoms with Gasteiger partial charge in [-0.25, -0.2) is 0 Å². The first-order chi connectivity index (χ1) is 37.0. The highest BCUT2D eigenvalue weighted by atomic mass is 16.6. The van der Waals surface area contributed by atoms with Crippen LogP contribution in [0.4, 0.5) is 0 Å². The summed E-state index contributed by atoms with van der Waals surface area (Å²) < 4.78 is 16.8. The summed E-state index contributed by atoms with van der Waals surface area (Å²) in [7, 11) is 0. The lowest BCUT2D eigenvalue weighted by Gasteiger charge is -2.18. The third-order valence-electron chi connectivity index (χ3n) is 11.7. The van der Waals surface area contributed by atoms with Crippen LogP contribution >= 0.6 is 0 Å². The van der Waals surface area contributed by atoms with Gasteiger partial charge in [-0.15, -0.1) is 0 Å². The Bertz CT molecular complexity index is 1750. The maximum atomic E-state index is 12.9. The summed E-state index contributed by atoms with van der Waals surface area (Å²) in [6.45, 7) is 6.27. The molecule has 1 unspecified atom stereocenters. The first-order valence-electron chi connectivity index (χ1n) is 29.6. The molecule has 0 saturated heterocycles. The molecule has 6 heteroatoms. The summed E-state index contributed by atoms with van der Waals surface area (Å²) >= 11 is 0. The van der Waals surface area contributed by atoms with Crippen molar-refractivity contribution >= 4 is 17.9 Å². The third-order valence-corrected chi connectivity index (χ3v) is 11.7. The van der Waals surface area contributed by atoms with Gasteiger partial charge in [-0.2, -0.15) is 0 Å². The summed E-state index contributed by atoms with van der Waals surface area (Å²) in [5.41, 5.74) is 0. The van der Waals surface area contributed by atoms with E-state index in [4.69, 9.17) is 14.2 Å². The summed E-state index contributed by atoms with van der Waals surface area (Å²) in [5.74, 6) is -1.05. The SMILES string of the molecule is CC/C=C\C/C=C\C/C=C\C/C=C\C/C=C\C/C=C\C/C=C\CCCC(=O)OCC(COC(=O)CCCC/C=C\C/C=C\C/C=C\C/C=C\CC)OC(=O)CCCCCCCC/C=C\C/C=C\C/C=C\CCCCC. The van der Waals surface area contributed by atoms with E-state index in [1.165, 1.54) is 38.5 Å². The molecule has 0 radical (unpaired) electrons. The van der Waals surface area contributed by atoms with Crippen LogP contribution in [0.1, 0.15) is 226 Å². The lowest BCUT2D eigenvalue weighted by atomic mass is 10.1. The number of allylic oxidation sites excluding steroid dienone is 28. The molecule has 0 spiro atoms. The molecule has 0 N–H and O–H groups in total. The Hall–Kier alpha value is -5.23. The number of esters is 3. The molecule has 75 heavy (non-hydrogen) atoms. The molecular weight excluding hydrogens is 925 g/mol. The highest BCUT2D eigenvalue weighted by Crippen LogP contribution is 2.12. The van der Waals surface area contributed by atoms with Crippen molar-refractivity contribution in [3.63, 3.8) is 0 Å². The minimum Gasteiger partial charge on any atom is -0.462 e. The summed E-state index contributed by atoms with van der Waals surface area (Å²) in [6.07, 6.45) is 90.6. The maximum Gasteiger partial charge on any atom is 0.306 e. The van der Waals surface area contributed by atoms with E-state index in [0.29, 0.717) is 12.8 Å². The molecule has 0 bridgehead atoms. The van der Waals surface area contributed by atoms with Crippen LogP contribution in [-0.4, -0.2) is 37.2 Å². The lowest BCUT2D eigenvalue weighted by molar-refractivity contribution is -0.167. The van der Waals surface area contributed by atoms with E-state index < -0.39 is 6.10 Å². The average Bonchev–Trinajstić information content (AvgIpc) is 3.41. The topological polar surface area (TPSA) is 78.9 Å². The van der Waals surface area contributed by atoms with Gasteiger partial charge in [-0.1, -0.05) is 229 Å². The van der Waals surface area contributed by atoms with Crippen LogP contribution in [0.5, 0.6) is 0 Å². The van der Waals surface area contributed by atoms with Crippen molar-refractivity contribution in [1.82, 2.24) is 0 Å². The molecule has 0 aromatic heterocycles. The van der Waals surface area contributed by atoms with Gasteiger partial charge in [0.15, 0.2) is 6.10 Å². The third kappa shape index (κ3) is 59.5. The van der Waals surface area contributed by atoms with E-state index in [2.05, 4.69) is 191 Å². The minimum atomic E-state index is -0.836. The van der Waals surface area contributed by atoms with Gasteiger partial charge in [0.2, 0.25) is 0 Å². The second-order valence-electron chi connectivity index (χ2n) is 18.8. The van der Waals surface area contributed by atoms with E-state index in [0.717, 1.165) is 135 Å². The summed E-state index contributed by atoms with van der Waals surface area (Å²) in [6, 6.07) is 0. The van der Waals surface area contributed by atoms with Gasteiger partial charge in [0.25, 0.3) is 0 Å². The number of hydrogen-bond donors (Lipinski definition) is 0. The molecular formula is C69H106O6. The van der Waals surface area contributed by atoms with Crippen molar-refractivity contribution in [3.8, 4) is 0 Å². The van der Waals surface area contributed by atoms with Crippen molar-refractivity contribution < 1.29 is 28.6 Å². The first-order valence-corrected chi connectivity index (χ1v) is 29.6. The minimum absolute atomic E-state index is 0.132. The zero-order chi connectivity index (χ0) is 54.3. The predicted molar refractivity (Wildman–Crippen MR) is 325 cm³/mol. The van der Waals surface area contributed by atoms with Crippen LogP contribution in [-0.2, 0) is 28.6 Å². The van der Waals surface area contributed by atoms with Crippen LogP contribution in [0.15, 0.2) is 170 Å². The van der Waals surface area contributed by atoms with Crippen LogP contribution in [0.25, 0.3) is 0 Å². The molecule has 418 valence electrons. The second kappa shape index (κ2) is 61.3. The van der Waals surface area contributed by atoms with E-state index in [-0.39, 0.29) is 50.4 Å². The molecule has 0 rings (SSSR count). The lowest BCUT2D eigenvalue weighted by Crippen LogP contribution is -2.30. The molecule has 0 aromatic rings. The second-order valence-corrected chi connectivity index (χ2v) is 18.8. The zero-order valence-corrected chi connectivity index (χ0v) is 47.7. The van der Waals surface area contributed by atoms with Crippen LogP contribution in [0, 0.1) is 0 Å². The molecule has 0 heterocycles. The van der Waals surface area contributed by atoms with Crippen molar-refractivity contribution in [1.29, 1.82) is 0 Å². The highest BCUT2D eigenvalue weighted by molar-refractivity contribution is 5.71. The number of hydrogen-bond acceptors (Lipinski definition) is 6. The van der Waals surface area contributed by atoms with Gasteiger partial charge in [-0.05, 0) is 148 Å². The molecule has 0 aliphatic rings. The summed E-state index contributed by atoms with van der Waals surface area (Å²) in [5, 5.41) is 0. The van der Waals surface area contributed by atoms with Gasteiger partial charge in [0.05, 0.1) is 0 Å². The smallest absolute Gasteiger partial charge is 0.306 e. The normalized spacial score (nSPS) is 13.4. The Morgan fingerprint density at radius 3 is 0.893 bits per heavy atom. The van der Waals surface area contributed by atoms with Gasteiger partial charge >= 0.3 is 17.9 Å². The maximum absolute atomic E-state index is 12.9. The number of rotatable bonds is 51. The van der Waals surface area contributed by atoms with Crippen molar-refractivity contribution in [2.45, 2.75) is 232 Å². The van der Waals surface area contributed by atoms with Crippen LogP contribution in [0.3, 0.4) is 0 Å². The Labute approximate surface area is 460 Å². The number of unbranched alkanes of at least 4 members (excludes halogenated alkanes) is 12. The van der Waals surface area contributed by atoms with Crippen molar-refractivity contribution in [2.75, 3.05) is 13.2 Å². The Kier molecular flexibility index (Phi) is 57.0. The van der Waals surface area contributed by atoms with E-state index in [1.807, 2.05) is 0 Å². The van der Waals surface area contributed by atoms with Gasteiger partial charge < -0.3 is 14.2 Å². The van der Waals surface area contributed by atoms with Crippen molar-refractivity contribution in [3.05, 3.63) is 170 Å². The van der Waals surface area contributed by atoms with Gasteiger partial charge in [0, 0.05) is 19.3 Å². The van der Waals surface area contributed by atoms with Gasteiger partial charge in [0.1, 0.15) is 13.2 Å². The monoisotopic (exact) mass is 1030 g/mol. The van der Waals surface area contributed by atoms with E-state index >= 15 is 0 Å². The fourth-order valence-electron chi connectivity index (χ4n) is 7.31. The Morgan fingerprint density at radius 1 is 0.280 bits per heavy atom. The molecule has 0 aliphatic heterocycles. The zero-order valence-electron chi connectivity index (χ0n) is 47.7. The van der Waals surface area contributed by atoms with Crippen molar-refractivity contribution in [2.24, 2.45) is 0 Å². The standard InChI is InChI=1S/C69H106O6/c1-4-7-10-13-16-19-22-25-28-30-32-33-34-35-37-38-41-44-47-50-53-56-59-62-68(71)74-65-66(64-73-67(70)61-58-55-52-49-46-43-40-27-24-21-18-15-12-9-6-3)75-69(72)63-60-57-54-51-48-45-42-39-36-31-29-26-23-20-17-14-11-8-5-2/h7,9-10,12,16-21,25-29,32-33,35-37,39-41,44,46,49-50,53,66H,4-6,8,11,13-15,22-24,30-31,34,38,42-43,45,47-48,51-52,54-65H2,1-3H3/b10-7-,12-9-,19-16-,20-17-,21-18-,28-25-,29-26-,33-32-,37-35-,39-36-,40-27-,44-41-,49-46-,53-50-. The fourth-order valence-corrected chi connectivity index (χ4v) is 7.31. The molecule has 0 aliphatic carbocycles. The quantitative estimate of drug-likeness (QED) is 0.0261. The first kappa shape index (κ1) is 69.8. The predicted octanol–water partition coefficient (Wildman–Crippen LogP) is 20.3. The molecule has 1 atom stereocenters. The number of carbonyl (C=O) groups is 3. The van der Waals surface area contributed by atoms with E-state index in [1.54, 1.807) is 0 Å². The number of carbonyl (C=O) groups excluding carboxylic acids is 3.